The van der Waals surface area contributed by atoms with Crippen LogP contribution >= 0.6 is 22.6 Å². The minimum absolute atomic E-state index is 0.229. The van der Waals surface area contributed by atoms with Gasteiger partial charge in [0.05, 0.1) is 0 Å². The van der Waals surface area contributed by atoms with E-state index in [1.807, 2.05) is 18.2 Å². The van der Waals surface area contributed by atoms with Crippen molar-refractivity contribution >= 4 is 28.7 Å². The van der Waals surface area contributed by atoms with Crippen LogP contribution in [0.2, 0.25) is 0 Å². The average molecular weight is 390 g/mol. The molecule has 4 heteroatoms. The lowest BCUT2D eigenvalue weighted by molar-refractivity contribution is 0.0472. The van der Waals surface area contributed by atoms with Crippen LogP contribution in [0.4, 0.5) is 4.79 Å². The molecule has 1 unspecified atom stereocenters. The van der Waals surface area contributed by atoms with Crippen molar-refractivity contribution in [2.45, 2.75) is 58.0 Å². The summed E-state index contributed by atoms with van der Waals surface area (Å²) in [6.07, 6.45) is 5.94. The maximum Gasteiger partial charge on any atom is 0.506 e. The van der Waals surface area contributed by atoms with Crippen molar-refractivity contribution in [2.24, 2.45) is 0 Å². The first-order valence-electron chi connectivity index (χ1n) is 7.26. The third-order valence-corrected chi connectivity index (χ3v) is 3.92. The first kappa shape index (κ1) is 17.3. The van der Waals surface area contributed by atoms with Gasteiger partial charge >= 0.3 is 6.16 Å². The standard InChI is InChI=1S/C16H23IO3/c1-2-3-4-5-6-10-15(20-16(18)19)12-13-8-7-9-14(17)11-13/h7-9,11,15H,2-6,10,12H2,1H3,(H,18,19). The number of carbonyl (C=O) groups is 1. The number of halogens is 1. The first-order chi connectivity index (χ1) is 9.61. The molecule has 3 nitrogen and oxygen atoms in total. The van der Waals surface area contributed by atoms with Gasteiger partial charge in [0.1, 0.15) is 6.10 Å². The van der Waals surface area contributed by atoms with E-state index in [0.717, 1.165) is 28.4 Å². The second kappa shape index (κ2) is 10.0. The quantitative estimate of drug-likeness (QED) is 0.356. The number of benzene rings is 1. The maximum atomic E-state index is 10.8. The summed E-state index contributed by atoms with van der Waals surface area (Å²) in [6.45, 7) is 2.19. The topological polar surface area (TPSA) is 46.5 Å². The van der Waals surface area contributed by atoms with Crippen molar-refractivity contribution in [3.8, 4) is 0 Å². The minimum atomic E-state index is -1.17. The summed E-state index contributed by atoms with van der Waals surface area (Å²) in [5.74, 6) is 0. The molecule has 0 saturated carbocycles. The highest BCUT2D eigenvalue weighted by molar-refractivity contribution is 14.1. The highest BCUT2D eigenvalue weighted by atomic mass is 127. The number of hydrogen-bond donors (Lipinski definition) is 1. The van der Waals surface area contributed by atoms with Crippen LogP contribution in [0, 0.1) is 3.57 Å². The number of rotatable bonds is 9. The van der Waals surface area contributed by atoms with Crippen LogP contribution in [0.25, 0.3) is 0 Å². The first-order valence-corrected chi connectivity index (χ1v) is 8.33. The molecule has 1 N–H and O–H groups in total. The third kappa shape index (κ3) is 7.72. The summed E-state index contributed by atoms with van der Waals surface area (Å²) in [5, 5.41) is 8.83. The van der Waals surface area contributed by atoms with Gasteiger partial charge in [-0.15, -0.1) is 0 Å². The van der Waals surface area contributed by atoms with Crippen molar-refractivity contribution in [1.29, 1.82) is 0 Å². The number of hydrogen-bond acceptors (Lipinski definition) is 2. The molecular formula is C16H23IO3. The fourth-order valence-electron chi connectivity index (χ4n) is 2.25. The Morgan fingerprint density at radius 1 is 1.30 bits per heavy atom. The average Bonchev–Trinajstić information content (AvgIpc) is 2.37. The van der Waals surface area contributed by atoms with E-state index in [1.165, 1.54) is 19.3 Å². The summed E-state index contributed by atoms with van der Waals surface area (Å²) in [6, 6.07) is 8.13. The van der Waals surface area contributed by atoms with E-state index >= 15 is 0 Å². The van der Waals surface area contributed by atoms with Crippen molar-refractivity contribution in [2.75, 3.05) is 0 Å². The molecule has 1 atom stereocenters. The molecule has 1 aromatic carbocycles. The van der Waals surface area contributed by atoms with Gasteiger partial charge in [-0.05, 0) is 53.1 Å². The van der Waals surface area contributed by atoms with Gasteiger partial charge in [-0.3, -0.25) is 0 Å². The Kier molecular flexibility index (Phi) is 8.65. The van der Waals surface area contributed by atoms with Crippen LogP contribution in [-0.4, -0.2) is 17.4 Å². The molecule has 1 aromatic rings. The third-order valence-electron chi connectivity index (χ3n) is 3.25. The molecule has 0 fully saturated rings. The van der Waals surface area contributed by atoms with Crippen molar-refractivity contribution < 1.29 is 14.6 Å². The van der Waals surface area contributed by atoms with Crippen LogP contribution in [0.1, 0.15) is 51.0 Å². The number of carboxylic acid groups (broad SMARTS) is 1. The number of unbranched alkanes of at least 4 members (excludes halogenated alkanes) is 4. The molecule has 0 aliphatic heterocycles. The van der Waals surface area contributed by atoms with Crippen LogP contribution in [0.15, 0.2) is 24.3 Å². The molecule has 0 spiro atoms. The lowest BCUT2D eigenvalue weighted by Gasteiger charge is -2.16. The molecule has 112 valence electrons. The monoisotopic (exact) mass is 390 g/mol. The van der Waals surface area contributed by atoms with Gasteiger partial charge in [-0.1, -0.05) is 44.7 Å². The smallest absolute Gasteiger partial charge is 0.450 e. The van der Waals surface area contributed by atoms with Gasteiger partial charge in [-0.25, -0.2) is 4.79 Å². The Hall–Kier alpha value is -0.780. The Bertz CT molecular complexity index is 406. The van der Waals surface area contributed by atoms with Crippen LogP contribution in [-0.2, 0) is 11.2 Å². The molecular weight excluding hydrogens is 367 g/mol. The van der Waals surface area contributed by atoms with E-state index in [9.17, 15) is 4.79 Å². The SMILES string of the molecule is CCCCCCCC(Cc1cccc(I)c1)OC(=O)O. The molecule has 0 aliphatic rings. The fraction of sp³-hybridized carbons (Fsp3) is 0.562. The van der Waals surface area contributed by atoms with Gasteiger partial charge in [0.15, 0.2) is 0 Å². The van der Waals surface area contributed by atoms with E-state index < -0.39 is 6.16 Å². The molecule has 0 aliphatic carbocycles. The van der Waals surface area contributed by atoms with Crippen molar-refractivity contribution in [3.05, 3.63) is 33.4 Å². The van der Waals surface area contributed by atoms with E-state index in [0.29, 0.717) is 6.42 Å². The fourth-order valence-corrected chi connectivity index (χ4v) is 2.86. The summed E-state index contributed by atoms with van der Waals surface area (Å²) < 4.78 is 6.18. The molecule has 0 bridgehead atoms. The zero-order valence-corrected chi connectivity index (χ0v) is 14.1. The Morgan fingerprint density at radius 2 is 2.05 bits per heavy atom. The molecule has 1 rings (SSSR count). The zero-order chi connectivity index (χ0) is 14.8. The van der Waals surface area contributed by atoms with Crippen LogP contribution in [0.5, 0.6) is 0 Å². The maximum absolute atomic E-state index is 10.8. The second-order valence-corrected chi connectivity index (χ2v) is 6.29. The van der Waals surface area contributed by atoms with Crippen LogP contribution in [0.3, 0.4) is 0 Å². The molecule has 20 heavy (non-hydrogen) atoms. The molecule has 0 heterocycles. The lowest BCUT2D eigenvalue weighted by Crippen LogP contribution is -2.19. The Morgan fingerprint density at radius 3 is 2.70 bits per heavy atom. The minimum Gasteiger partial charge on any atom is -0.450 e. The van der Waals surface area contributed by atoms with E-state index in [4.69, 9.17) is 9.84 Å². The van der Waals surface area contributed by atoms with Crippen molar-refractivity contribution in [1.82, 2.24) is 0 Å². The van der Waals surface area contributed by atoms with Gasteiger partial charge in [-0.2, -0.15) is 0 Å². The predicted molar refractivity (Wildman–Crippen MR) is 89.1 cm³/mol. The van der Waals surface area contributed by atoms with Gasteiger partial charge in [0.2, 0.25) is 0 Å². The highest BCUT2D eigenvalue weighted by Gasteiger charge is 2.14. The van der Waals surface area contributed by atoms with Gasteiger partial charge < -0.3 is 9.84 Å². The molecule has 0 amide bonds. The Labute approximate surface area is 134 Å². The highest BCUT2D eigenvalue weighted by Crippen LogP contribution is 2.16. The van der Waals surface area contributed by atoms with Gasteiger partial charge in [0.25, 0.3) is 0 Å². The molecule has 0 saturated heterocycles. The summed E-state index contributed by atoms with van der Waals surface area (Å²) in [7, 11) is 0. The lowest BCUT2D eigenvalue weighted by atomic mass is 10.0. The molecule has 0 aromatic heterocycles. The predicted octanol–water partition coefficient (Wildman–Crippen LogP) is 5.26. The van der Waals surface area contributed by atoms with E-state index in [2.05, 4.69) is 35.6 Å². The van der Waals surface area contributed by atoms with Crippen molar-refractivity contribution in [3.63, 3.8) is 0 Å². The Balaban J connectivity index is 2.45. The van der Waals surface area contributed by atoms with E-state index in [1.54, 1.807) is 0 Å². The molecule has 0 radical (unpaired) electrons. The summed E-state index contributed by atoms with van der Waals surface area (Å²) >= 11 is 2.26. The summed E-state index contributed by atoms with van der Waals surface area (Å²) in [4.78, 5) is 10.8. The van der Waals surface area contributed by atoms with Gasteiger partial charge in [0, 0.05) is 9.99 Å². The number of ether oxygens (including phenoxy) is 1. The summed E-state index contributed by atoms with van der Waals surface area (Å²) in [5.41, 5.74) is 1.14. The van der Waals surface area contributed by atoms with E-state index in [-0.39, 0.29) is 6.10 Å². The second-order valence-electron chi connectivity index (χ2n) is 5.04. The zero-order valence-electron chi connectivity index (χ0n) is 12.0. The van der Waals surface area contributed by atoms with Crippen LogP contribution < -0.4 is 0 Å². The normalized spacial score (nSPS) is 12.1. The largest absolute Gasteiger partial charge is 0.506 e.